The zero-order chi connectivity index (χ0) is 18.9. The van der Waals surface area contributed by atoms with Gasteiger partial charge in [-0.05, 0) is 48.8 Å². The number of imidazole rings is 1. The van der Waals surface area contributed by atoms with Crippen LogP contribution in [-0.4, -0.2) is 27.2 Å². The van der Waals surface area contributed by atoms with Crippen LogP contribution in [-0.2, 0) is 4.79 Å². The third kappa shape index (κ3) is 3.93. The van der Waals surface area contributed by atoms with E-state index in [-0.39, 0.29) is 23.8 Å². The van der Waals surface area contributed by atoms with E-state index in [0.717, 1.165) is 35.9 Å². The Balaban J connectivity index is 1.98. The molecular weight excluding hydrogens is 326 g/mol. The molecule has 1 aromatic heterocycles. The monoisotopic (exact) mass is 357 g/mol. The van der Waals surface area contributed by atoms with Gasteiger partial charge in [-0.15, -0.1) is 0 Å². The molecular formula is C21H31N3O2. The fourth-order valence-electron chi connectivity index (χ4n) is 3.59. The average molecular weight is 357 g/mol. The highest BCUT2D eigenvalue weighted by atomic mass is 16.3. The Bertz CT molecular complexity index is 780. The Hall–Kier alpha value is -1.88. The molecule has 0 saturated heterocycles. The Kier molecular flexibility index (Phi) is 5.37. The van der Waals surface area contributed by atoms with Gasteiger partial charge in [-0.3, -0.25) is 10.1 Å². The van der Waals surface area contributed by atoms with E-state index in [2.05, 4.69) is 43.6 Å². The lowest BCUT2D eigenvalue weighted by Gasteiger charge is -2.29. The van der Waals surface area contributed by atoms with Gasteiger partial charge in [0.05, 0.1) is 11.0 Å². The number of benzene rings is 1. The first-order valence-corrected chi connectivity index (χ1v) is 9.75. The first kappa shape index (κ1) is 18.9. The molecule has 5 heteroatoms. The van der Waals surface area contributed by atoms with Crippen molar-refractivity contribution < 1.29 is 9.90 Å². The molecule has 1 aliphatic carbocycles. The molecule has 1 fully saturated rings. The largest absolute Gasteiger partial charge is 0.396 e. The summed E-state index contributed by atoms with van der Waals surface area (Å²) in [4.78, 5) is 17.2. The van der Waals surface area contributed by atoms with E-state index in [1.165, 1.54) is 6.42 Å². The summed E-state index contributed by atoms with van der Waals surface area (Å²) in [6.45, 7) is 8.43. The minimum Gasteiger partial charge on any atom is -0.396 e. The fraction of sp³-hybridized carbons (Fsp3) is 0.619. The average Bonchev–Trinajstić information content (AvgIpc) is 2.83. The summed E-state index contributed by atoms with van der Waals surface area (Å²) in [5.74, 6) is 0.812. The second kappa shape index (κ2) is 7.39. The standard InChI is InChI=1S/C21H31N3O2/c1-5-14(13-25)15-9-10-17-18(11-15)24(16-7-6-8-16)20(22-17)23-19(26)12-21(2,3)4/h9-11,14,16,25H,5-8,12-13H2,1-4H3,(H,22,23,26). The van der Waals surface area contributed by atoms with Crippen molar-refractivity contribution in [3.8, 4) is 0 Å². The van der Waals surface area contributed by atoms with Gasteiger partial charge >= 0.3 is 0 Å². The maximum absolute atomic E-state index is 12.5. The van der Waals surface area contributed by atoms with Crippen molar-refractivity contribution in [3.63, 3.8) is 0 Å². The summed E-state index contributed by atoms with van der Waals surface area (Å²) >= 11 is 0. The van der Waals surface area contributed by atoms with E-state index < -0.39 is 0 Å². The highest BCUT2D eigenvalue weighted by Gasteiger charge is 2.27. The number of carbonyl (C=O) groups excluding carboxylic acids is 1. The van der Waals surface area contributed by atoms with Gasteiger partial charge < -0.3 is 9.67 Å². The SMILES string of the molecule is CCC(CO)c1ccc2nc(NC(=O)CC(C)(C)C)n(C3CCC3)c2c1. The number of anilines is 1. The summed E-state index contributed by atoms with van der Waals surface area (Å²) in [6, 6.07) is 6.60. The van der Waals surface area contributed by atoms with Crippen LogP contribution in [0, 0.1) is 5.41 Å². The second-order valence-corrected chi connectivity index (χ2v) is 8.71. The van der Waals surface area contributed by atoms with E-state index in [1.54, 1.807) is 0 Å². The molecule has 0 aliphatic heterocycles. The number of hydrogen-bond donors (Lipinski definition) is 2. The van der Waals surface area contributed by atoms with Crippen LogP contribution in [0.4, 0.5) is 5.95 Å². The molecule has 2 N–H and O–H groups in total. The van der Waals surface area contributed by atoms with Crippen LogP contribution < -0.4 is 5.32 Å². The highest BCUT2D eigenvalue weighted by Crippen LogP contribution is 2.38. The van der Waals surface area contributed by atoms with Crippen molar-refractivity contribution in [2.24, 2.45) is 5.41 Å². The number of aliphatic hydroxyl groups is 1. The molecule has 1 heterocycles. The molecule has 1 amide bonds. The first-order chi connectivity index (χ1) is 12.3. The normalized spacial score (nSPS) is 16.5. The minimum absolute atomic E-state index is 0.00963. The number of nitrogens with zero attached hydrogens (tertiary/aromatic N) is 2. The number of hydrogen-bond acceptors (Lipinski definition) is 3. The third-order valence-corrected chi connectivity index (χ3v) is 5.28. The van der Waals surface area contributed by atoms with E-state index >= 15 is 0 Å². The maximum atomic E-state index is 12.5. The molecule has 26 heavy (non-hydrogen) atoms. The lowest BCUT2D eigenvalue weighted by Crippen LogP contribution is -2.24. The molecule has 5 nitrogen and oxygen atoms in total. The predicted octanol–water partition coefficient (Wildman–Crippen LogP) is 4.62. The number of aromatic nitrogens is 2. The molecule has 1 aliphatic rings. The molecule has 1 unspecified atom stereocenters. The van der Waals surface area contributed by atoms with Crippen LogP contribution in [0.5, 0.6) is 0 Å². The Labute approximate surface area is 155 Å². The molecule has 1 saturated carbocycles. The summed E-state index contributed by atoms with van der Waals surface area (Å²) < 4.78 is 2.20. The van der Waals surface area contributed by atoms with E-state index in [4.69, 9.17) is 4.98 Å². The van der Waals surface area contributed by atoms with Crippen LogP contribution in [0.3, 0.4) is 0 Å². The van der Waals surface area contributed by atoms with Gasteiger partial charge in [0.1, 0.15) is 0 Å². The number of amides is 1. The lowest BCUT2D eigenvalue weighted by molar-refractivity contribution is -0.117. The van der Waals surface area contributed by atoms with Crippen molar-refractivity contribution in [2.45, 2.75) is 71.8 Å². The minimum atomic E-state index is -0.0555. The Morgan fingerprint density at radius 2 is 2.12 bits per heavy atom. The van der Waals surface area contributed by atoms with Crippen molar-refractivity contribution in [1.29, 1.82) is 0 Å². The fourth-order valence-corrected chi connectivity index (χ4v) is 3.59. The molecule has 0 radical (unpaired) electrons. The van der Waals surface area contributed by atoms with E-state index in [0.29, 0.717) is 18.4 Å². The van der Waals surface area contributed by atoms with Gasteiger partial charge in [-0.1, -0.05) is 33.8 Å². The molecule has 3 rings (SSSR count). The number of carbonyl (C=O) groups is 1. The van der Waals surface area contributed by atoms with Crippen LogP contribution in [0.2, 0.25) is 0 Å². The second-order valence-electron chi connectivity index (χ2n) is 8.71. The van der Waals surface area contributed by atoms with Gasteiger partial charge in [0.15, 0.2) is 0 Å². The topological polar surface area (TPSA) is 67.2 Å². The van der Waals surface area contributed by atoms with Gasteiger partial charge in [0.2, 0.25) is 11.9 Å². The predicted molar refractivity (Wildman–Crippen MR) is 105 cm³/mol. The van der Waals surface area contributed by atoms with E-state index in [1.807, 2.05) is 12.1 Å². The van der Waals surface area contributed by atoms with Gasteiger partial charge in [-0.2, -0.15) is 0 Å². The summed E-state index contributed by atoms with van der Waals surface area (Å²) in [5, 5.41) is 12.7. The number of fused-ring (bicyclic) bond motifs is 1. The van der Waals surface area contributed by atoms with Gasteiger partial charge in [0, 0.05) is 25.0 Å². The number of aliphatic hydroxyl groups excluding tert-OH is 1. The number of rotatable bonds is 6. The lowest BCUT2D eigenvalue weighted by atomic mass is 9.91. The van der Waals surface area contributed by atoms with Crippen molar-refractivity contribution >= 4 is 22.9 Å². The zero-order valence-electron chi connectivity index (χ0n) is 16.4. The summed E-state index contributed by atoms with van der Waals surface area (Å²) in [5.41, 5.74) is 3.04. The highest BCUT2D eigenvalue weighted by molar-refractivity contribution is 5.92. The van der Waals surface area contributed by atoms with Crippen molar-refractivity contribution in [1.82, 2.24) is 9.55 Å². The van der Waals surface area contributed by atoms with Crippen LogP contribution in [0.25, 0.3) is 11.0 Å². The Morgan fingerprint density at radius 1 is 1.38 bits per heavy atom. The van der Waals surface area contributed by atoms with E-state index in [9.17, 15) is 9.90 Å². The van der Waals surface area contributed by atoms with Gasteiger partial charge in [0.25, 0.3) is 0 Å². The Morgan fingerprint density at radius 3 is 2.65 bits per heavy atom. The smallest absolute Gasteiger partial charge is 0.227 e. The first-order valence-electron chi connectivity index (χ1n) is 9.75. The molecule has 1 atom stereocenters. The van der Waals surface area contributed by atoms with Gasteiger partial charge in [-0.25, -0.2) is 4.98 Å². The molecule has 0 spiro atoms. The zero-order valence-corrected chi connectivity index (χ0v) is 16.4. The third-order valence-electron chi connectivity index (χ3n) is 5.28. The van der Waals surface area contributed by atoms with Crippen LogP contribution >= 0.6 is 0 Å². The molecule has 1 aromatic carbocycles. The summed E-state index contributed by atoms with van der Waals surface area (Å²) in [6.07, 6.45) is 4.82. The van der Waals surface area contributed by atoms with Crippen LogP contribution in [0.15, 0.2) is 18.2 Å². The van der Waals surface area contributed by atoms with Crippen LogP contribution in [0.1, 0.15) is 77.3 Å². The number of nitrogens with one attached hydrogen (secondary N) is 1. The summed E-state index contributed by atoms with van der Waals surface area (Å²) in [7, 11) is 0. The van der Waals surface area contributed by atoms with Crippen molar-refractivity contribution in [2.75, 3.05) is 11.9 Å². The molecule has 0 bridgehead atoms. The molecule has 2 aromatic rings. The van der Waals surface area contributed by atoms with Crippen molar-refractivity contribution in [3.05, 3.63) is 23.8 Å². The molecule has 142 valence electrons. The quantitative estimate of drug-likeness (QED) is 0.792. The maximum Gasteiger partial charge on any atom is 0.227 e.